The maximum Gasteiger partial charge on any atom is 0.241 e. The molecule has 0 bridgehead atoms. The molecule has 23 heavy (non-hydrogen) atoms. The van der Waals surface area contributed by atoms with E-state index in [2.05, 4.69) is 16.3 Å². The van der Waals surface area contributed by atoms with Crippen molar-refractivity contribution < 1.29 is 4.79 Å². The molecular formula is C17H18ClN3OS. The van der Waals surface area contributed by atoms with E-state index < -0.39 is 0 Å². The molecule has 0 aliphatic rings. The number of carbonyl (C=O) groups is 1. The van der Waals surface area contributed by atoms with E-state index >= 15 is 0 Å². The van der Waals surface area contributed by atoms with Crippen molar-refractivity contribution in [2.75, 3.05) is 11.9 Å². The molecule has 1 aromatic heterocycles. The van der Waals surface area contributed by atoms with Gasteiger partial charge in [0.15, 0.2) is 0 Å². The molecular weight excluding hydrogens is 330 g/mol. The third-order valence-electron chi connectivity index (χ3n) is 3.63. The van der Waals surface area contributed by atoms with Gasteiger partial charge >= 0.3 is 0 Å². The van der Waals surface area contributed by atoms with Gasteiger partial charge in [0.05, 0.1) is 16.6 Å². The Labute approximate surface area is 145 Å². The zero-order valence-electron chi connectivity index (χ0n) is 13.0. The van der Waals surface area contributed by atoms with Crippen molar-refractivity contribution in [2.45, 2.75) is 26.4 Å². The highest BCUT2D eigenvalue weighted by Crippen LogP contribution is 2.21. The number of halogens is 1. The van der Waals surface area contributed by atoms with E-state index in [1.54, 1.807) is 29.5 Å². The highest BCUT2D eigenvalue weighted by molar-refractivity contribution is 7.09. The molecule has 1 aromatic carbocycles. The van der Waals surface area contributed by atoms with Gasteiger partial charge < -0.3 is 5.32 Å². The van der Waals surface area contributed by atoms with Crippen LogP contribution in [0.4, 0.5) is 5.69 Å². The van der Waals surface area contributed by atoms with Crippen LogP contribution in [-0.4, -0.2) is 23.4 Å². The van der Waals surface area contributed by atoms with Crippen molar-refractivity contribution in [3.8, 4) is 6.07 Å². The molecule has 1 unspecified atom stereocenters. The molecule has 2 rings (SSSR count). The summed E-state index contributed by atoms with van der Waals surface area (Å²) in [7, 11) is 0. The van der Waals surface area contributed by atoms with Crippen LogP contribution < -0.4 is 5.32 Å². The molecule has 1 atom stereocenters. The van der Waals surface area contributed by atoms with Crippen molar-refractivity contribution in [1.82, 2.24) is 4.90 Å². The molecule has 0 aliphatic carbocycles. The molecule has 0 saturated carbocycles. The van der Waals surface area contributed by atoms with Gasteiger partial charge in [-0.2, -0.15) is 5.26 Å². The number of amides is 1. The van der Waals surface area contributed by atoms with E-state index in [0.717, 1.165) is 13.1 Å². The lowest BCUT2D eigenvalue weighted by Gasteiger charge is -2.26. The van der Waals surface area contributed by atoms with Crippen molar-refractivity contribution in [3.05, 3.63) is 51.2 Å². The first-order valence-corrected chi connectivity index (χ1v) is 8.57. The van der Waals surface area contributed by atoms with Gasteiger partial charge in [-0.15, -0.1) is 11.3 Å². The predicted octanol–water partition coefficient (Wildman–Crippen LogP) is 4.12. The zero-order chi connectivity index (χ0) is 16.8. The molecule has 4 nitrogen and oxygen atoms in total. The van der Waals surface area contributed by atoms with Gasteiger partial charge in [-0.3, -0.25) is 9.69 Å². The topological polar surface area (TPSA) is 56.1 Å². The summed E-state index contributed by atoms with van der Waals surface area (Å²) in [6, 6.07) is 10.7. The van der Waals surface area contributed by atoms with Crippen LogP contribution in [0.3, 0.4) is 0 Å². The molecule has 1 amide bonds. The molecule has 1 N–H and O–H groups in total. The van der Waals surface area contributed by atoms with E-state index in [-0.39, 0.29) is 11.9 Å². The monoisotopic (exact) mass is 347 g/mol. The van der Waals surface area contributed by atoms with Crippen molar-refractivity contribution in [1.29, 1.82) is 5.26 Å². The number of anilines is 1. The Bertz CT molecular complexity index is 709. The summed E-state index contributed by atoms with van der Waals surface area (Å²) in [5, 5.41) is 14.1. The fourth-order valence-electron chi connectivity index (χ4n) is 2.22. The highest BCUT2D eigenvalue weighted by atomic mass is 35.5. The van der Waals surface area contributed by atoms with Gasteiger partial charge in [0, 0.05) is 17.1 Å². The Morgan fingerprint density at radius 2 is 2.26 bits per heavy atom. The van der Waals surface area contributed by atoms with Gasteiger partial charge in [0.2, 0.25) is 5.91 Å². The summed E-state index contributed by atoms with van der Waals surface area (Å²) < 4.78 is 0. The highest BCUT2D eigenvalue weighted by Gasteiger charge is 2.20. The van der Waals surface area contributed by atoms with Crippen LogP contribution in [0.2, 0.25) is 5.02 Å². The minimum Gasteiger partial charge on any atom is -0.325 e. The third-order valence-corrected chi connectivity index (χ3v) is 4.80. The Hall–Kier alpha value is -1.87. The predicted molar refractivity (Wildman–Crippen MR) is 94.7 cm³/mol. The molecule has 0 radical (unpaired) electrons. The molecule has 0 aliphatic heterocycles. The molecule has 2 aromatic rings. The first-order valence-electron chi connectivity index (χ1n) is 7.32. The number of rotatable bonds is 6. The summed E-state index contributed by atoms with van der Waals surface area (Å²) in [4.78, 5) is 15.8. The third kappa shape index (κ3) is 4.55. The lowest BCUT2D eigenvalue weighted by atomic mass is 10.2. The number of hydrogen-bond acceptors (Lipinski definition) is 4. The number of benzene rings is 1. The van der Waals surface area contributed by atoms with E-state index in [9.17, 15) is 4.79 Å². The average molecular weight is 348 g/mol. The van der Waals surface area contributed by atoms with Crippen molar-refractivity contribution in [2.24, 2.45) is 0 Å². The van der Waals surface area contributed by atoms with Crippen molar-refractivity contribution in [3.63, 3.8) is 0 Å². The van der Waals surface area contributed by atoms with Gasteiger partial charge in [0.1, 0.15) is 6.07 Å². The fourth-order valence-corrected chi connectivity index (χ4v) is 3.17. The molecule has 0 fully saturated rings. The standard InChI is InChI=1S/C17H18ClN3OS/c1-3-21(11-15-5-4-8-23-15)12(2)17(22)20-14-7-6-13(10-19)16(18)9-14/h4-9,12H,3,11H2,1-2H3,(H,20,22). The average Bonchev–Trinajstić information content (AvgIpc) is 3.05. The summed E-state index contributed by atoms with van der Waals surface area (Å²) in [6.07, 6.45) is 0. The van der Waals surface area contributed by atoms with E-state index in [4.69, 9.17) is 16.9 Å². The Kier molecular flexibility index (Phi) is 6.17. The molecule has 6 heteroatoms. The number of thiophene rings is 1. The number of nitrogens with zero attached hydrogens (tertiary/aromatic N) is 2. The van der Waals surface area contributed by atoms with Crippen LogP contribution in [0.15, 0.2) is 35.7 Å². The number of carbonyl (C=O) groups excluding carboxylic acids is 1. The maximum atomic E-state index is 12.4. The molecule has 1 heterocycles. The van der Waals surface area contributed by atoms with E-state index in [1.807, 2.05) is 31.4 Å². The molecule has 0 saturated heterocycles. The van der Waals surface area contributed by atoms with E-state index in [0.29, 0.717) is 16.3 Å². The first kappa shape index (κ1) is 17.5. The second kappa shape index (κ2) is 8.11. The van der Waals surface area contributed by atoms with Crippen LogP contribution in [-0.2, 0) is 11.3 Å². The van der Waals surface area contributed by atoms with Crippen molar-refractivity contribution >= 4 is 34.5 Å². The fraction of sp³-hybridized carbons (Fsp3) is 0.294. The largest absolute Gasteiger partial charge is 0.325 e. The Morgan fingerprint density at radius 3 is 2.83 bits per heavy atom. The SMILES string of the molecule is CCN(Cc1cccs1)C(C)C(=O)Nc1ccc(C#N)c(Cl)c1. The number of nitrogens with one attached hydrogen (secondary N) is 1. The Balaban J connectivity index is 2.03. The minimum atomic E-state index is -0.267. The van der Waals surface area contributed by atoms with E-state index in [1.165, 1.54) is 4.88 Å². The van der Waals surface area contributed by atoms with Crippen LogP contribution in [0.1, 0.15) is 24.3 Å². The normalized spacial score (nSPS) is 12.0. The second-order valence-corrected chi connectivity index (χ2v) is 6.55. The summed E-state index contributed by atoms with van der Waals surface area (Å²) in [5.74, 6) is -0.0934. The second-order valence-electron chi connectivity index (χ2n) is 5.11. The molecule has 120 valence electrons. The number of hydrogen-bond donors (Lipinski definition) is 1. The quantitative estimate of drug-likeness (QED) is 0.855. The zero-order valence-corrected chi connectivity index (χ0v) is 14.6. The Morgan fingerprint density at radius 1 is 1.48 bits per heavy atom. The van der Waals surface area contributed by atoms with Gasteiger partial charge in [0.25, 0.3) is 0 Å². The van der Waals surface area contributed by atoms with Crippen LogP contribution in [0.5, 0.6) is 0 Å². The van der Waals surface area contributed by atoms with Gasteiger partial charge in [-0.1, -0.05) is 24.6 Å². The smallest absolute Gasteiger partial charge is 0.241 e. The lowest BCUT2D eigenvalue weighted by Crippen LogP contribution is -2.41. The van der Waals surface area contributed by atoms with Crippen LogP contribution in [0.25, 0.3) is 0 Å². The van der Waals surface area contributed by atoms with Gasteiger partial charge in [-0.25, -0.2) is 0 Å². The van der Waals surface area contributed by atoms with Crippen LogP contribution in [0, 0.1) is 11.3 Å². The maximum absolute atomic E-state index is 12.4. The minimum absolute atomic E-state index is 0.0934. The first-order chi connectivity index (χ1) is 11.0. The summed E-state index contributed by atoms with van der Waals surface area (Å²) in [6.45, 7) is 5.45. The van der Waals surface area contributed by atoms with Gasteiger partial charge in [-0.05, 0) is 43.1 Å². The summed E-state index contributed by atoms with van der Waals surface area (Å²) in [5.41, 5.74) is 0.989. The summed E-state index contributed by atoms with van der Waals surface area (Å²) >= 11 is 7.68. The number of nitriles is 1. The van der Waals surface area contributed by atoms with Crippen LogP contribution >= 0.6 is 22.9 Å². The number of likely N-dealkylation sites (N-methyl/N-ethyl adjacent to an activating group) is 1. The lowest BCUT2D eigenvalue weighted by molar-refractivity contribution is -0.120. The molecule has 0 spiro atoms.